The van der Waals surface area contributed by atoms with Crippen molar-refractivity contribution in [3.8, 4) is 0 Å². The van der Waals surface area contributed by atoms with Crippen LogP contribution in [0.3, 0.4) is 0 Å². The third-order valence-corrected chi connectivity index (χ3v) is 2.65. The van der Waals surface area contributed by atoms with Crippen LogP contribution < -0.4 is 0 Å². The first-order valence-electron chi connectivity index (χ1n) is 5.62. The summed E-state index contributed by atoms with van der Waals surface area (Å²) in [5.41, 5.74) is 0. The van der Waals surface area contributed by atoms with E-state index in [1.165, 1.54) is 12.8 Å². The molecule has 82 valence electrons. The largest absolute Gasteiger partial charge is 0.303 e. The molecular weight excluding hydrogens is 176 g/mol. The van der Waals surface area contributed by atoms with E-state index in [0.29, 0.717) is 12.2 Å². The van der Waals surface area contributed by atoms with Gasteiger partial charge in [0, 0.05) is 12.3 Å². The van der Waals surface area contributed by atoms with E-state index >= 15 is 0 Å². The predicted octanol–water partition coefficient (Wildman–Crippen LogP) is 3.14. The Hall–Kier alpha value is -0.660. The number of aldehydes is 1. The zero-order valence-corrected chi connectivity index (χ0v) is 9.42. The Morgan fingerprint density at radius 2 is 1.71 bits per heavy atom. The van der Waals surface area contributed by atoms with Gasteiger partial charge in [0.25, 0.3) is 0 Å². The monoisotopic (exact) mass is 198 g/mol. The predicted molar refractivity (Wildman–Crippen MR) is 58.2 cm³/mol. The lowest BCUT2D eigenvalue weighted by atomic mass is 9.99. The van der Waals surface area contributed by atoms with Crippen LogP contribution in [0.5, 0.6) is 0 Å². The zero-order chi connectivity index (χ0) is 10.8. The molecule has 0 bridgehead atoms. The van der Waals surface area contributed by atoms with Crippen molar-refractivity contribution in [3.05, 3.63) is 0 Å². The average molecular weight is 198 g/mol. The molecule has 0 rings (SSSR count). The van der Waals surface area contributed by atoms with Crippen molar-refractivity contribution in [3.63, 3.8) is 0 Å². The number of carbonyl (C=O) groups excluding carboxylic acids is 2. The number of hydrogen-bond acceptors (Lipinski definition) is 2. The molecule has 0 amide bonds. The summed E-state index contributed by atoms with van der Waals surface area (Å²) >= 11 is 0. The van der Waals surface area contributed by atoms with E-state index in [1.807, 2.05) is 6.92 Å². The molecule has 2 nitrogen and oxygen atoms in total. The van der Waals surface area contributed by atoms with Gasteiger partial charge in [0.05, 0.1) is 0 Å². The van der Waals surface area contributed by atoms with Gasteiger partial charge in [-0.3, -0.25) is 4.79 Å². The molecule has 0 aliphatic rings. The molecule has 14 heavy (non-hydrogen) atoms. The first-order valence-corrected chi connectivity index (χ1v) is 5.62. The topological polar surface area (TPSA) is 34.1 Å². The van der Waals surface area contributed by atoms with E-state index in [1.54, 1.807) is 6.92 Å². The minimum absolute atomic E-state index is 0.227. The van der Waals surface area contributed by atoms with Gasteiger partial charge >= 0.3 is 0 Å². The van der Waals surface area contributed by atoms with Gasteiger partial charge in [0.1, 0.15) is 12.1 Å². The molecule has 0 radical (unpaired) electrons. The molecule has 0 spiro atoms. The molecule has 0 N–H and O–H groups in total. The Morgan fingerprint density at radius 3 is 2.29 bits per heavy atom. The third kappa shape index (κ3) is 7.96. The molecule has 0 saturated heterocycles. The van der Waals surface area contributed by atoms with Crippen molar-refractivity contribution in [2.45, 2.75) is 58.8 Å². The first kappa shape index (κ1) is 13.3. The quantitative estimate of drug-likeness (QED) is 0.421. The van der Waals surface area contributed by atoms with Crippen LogP contribution in [0.25, 0.3) is 0 Å². The standard InChI is InChI=1S/C12H22O2/c1-11(12(2)14)9-7-5-3-4-6-8-10-13/h10-11H,3-9H2,1-2H3. The van der Waals surface area contributed by atoms with E-state index in [9.17, 15) is 9.59 Å². The Balaban J connectivity index is 3.13. The van der Waals surface area contributed by atoms with Crippen molar-refractivity contribution in [2.75, 3.05) is 0 Å². The molecule has 2 heteroatoms. The van der Waals surface area contributed by atoms with Gasteiger partial charge in [-0.2, -0.15) is 0 Å². The van der Waals surface area contributed by atoms with Crippen LogP contribution in [0, 0.1) is 5.92 Å². The molecule has 0 aromatic carbocycles. The van der Waals surface area contributed by atoms with Gasteiger partial charge in [-0.1, -0.05) is 32.6 Å². The van der Waals surface area contributed by atoms with Crippen LogP contribution >= 0.6 is 0 Å². The summed E-state index contributed by atoms with van der Waals surface area (Å²) in [5.74, 6) is 0.524. The molecule has 0 fully saturated rings. The van der Waals surface area contributed by atoms with Crippen molar-refractivity contribution in [1.29, 1.82) is 0 Å². The third-order valence-electron chi connectivity index (χ3n) is 2.65. The van der Waals surface area contributed by atoms with Crippen LogP contribution in [0.4, 0.5) is 0 Å². The fourth-order valence-electron chi connectivity index (χ4n) is 1.41. The van der Waals surface area contributed by atoms with E-state index in [4.69, 9.17) is 0 Å². The van der Waals surface area contributed by atoms with Crippen LogP contribution in [-0.2, 0) is 9.59 Å². The number of carbonyl (C=O) groups is 2. The zero-order valence-electron chi connectivity index (χ0n) is 9.42. The lowest BCUT2D eigenvalue weighted by Gasteiger charge is -2.06. The molecule has 0 aromatic rings. The smallest absolute Gasteiger partial charge is 0.132 e. The minimum Gasteiger partial charge on any atom is -0.303 e. The summed E-state index contributed by atoms with van der Waals surface area (Å²) in [7, 11) is 0. The number of Topliss-reactive ketones (excluding diaryl/α,β-unsaturated/α-hetero) is 1. The molecule has 0 aliphatic heterocycles. The SMILES string of the molecule is CC(=O)C(C)CCCCCCCC=O. The van der Waals surface area contributed by atoms with Crippen molar-refractivity contribution in [2.24, 2.45) is 5.92 Å². The highest BCUT2D eigenvalue weighted by atomic mass is 16.1. The summed E-state index contributed by atoms with van der Waals surface area (Å²) in [4.78, 5) is 20.9. The van der Waals surface area contributed by atoms with Gasteiger partial charge in [0.15, 0.2) is 0 Å². The second-order valence-corrected chi connectivity index (χ2v) is 4.02. The molecule has 1 unspecified atom stereocenters. The Kier molecular flexibility index (Phi) is 8.50. The summed E-state index contributed by atoms with van der Waals surface area (Å²) in [6.45, 7) is 3.66. The summed E-state index contributed by atoms with van der Waals surface area (Å²) in [6.07, 6.45) is 8.39. The van der Waals surface area contributed by atoms with Crippen LogP contribution in [-0.4, -0.2) is 12.1 Å². The van der Waals surface area contributed by atoms with Gasteiger partial charge in [-0.15, -0.1) is 0 Å². The molecule has 0 heterocycles. The second-order valence-electron chi connectivity index (χ2n) is 4.02. The highest BCUT2D eigenvalue weighted by Crippen LogP contribution is 2.12. The van der Waals surface area contributed by atoms with E-state index in [-0.39, 0.29) is 5.92 Å². The second kappa shape index (κ2) is 8.92. The fourth-order valence-corrected chi connectivity index (χ4v) is 1.41. The Bertz CT molecular complexity index is 164. The number of ketones is 1. The molecular formula is C12H22O2. The van der Waals surface area contributed by atoms with E-state index in [0.717, 1.165) is 32.0 Å². The minimum atomic E-state index is 0.227. The lowest BCUT2D eigenvalue weighted by molar-refractivity contribution is -0.120. The highest BCUT2D eigenvalue weighted by molar-refractivity contribution is 5.77. The maximum Gasteiger partial charge on any atom is 0.132 e. The summed E-state index contributed by atoms with van der Waals surface area (Å²) < 4.78 is 0. The number of unbranched alkanes of at least 4 members (excludes halogenated alkanes) is 5. The highest BCUT2D eigenvalue weighted by Gasteiger charge is 2.05. The van der Waals surface area contributed by atoms with E-state index < -0.39 is 0 Å². The van der Waals surface area contributed by atoms with Gasteiger partial charge < -0.3 is 4.79 Å². The lowest BCUT2D eigenvalue weighted by Crippen LogP contribution is -2.05. The normalized spacial score (nSPS) is 12.4. The van der Waals surface area contributed by atoms with Crippen LogP contribution in [0.1, 0.15) is 58.8 Å². The van der Waals surface area contributed by atoms with Gasteiger partial charge in [0.2, 0.25) is 0 Å². The number of hydrogen-bond donors (Lipinski definition) is 0. The van der Waals surface area contributed by atoms with Crippen LogP contribution in [0.15, 0.2) is 0 Å². The van der Waals surface area contributed by atoms with Crippen molar-refractivity contribution in [1.82, 2.24) is 0 Å². The first-order chi connectivity index (χ1) is 6.68. The van der Waals surface area contributed by atoms with Crippen molar-refractivity contribution < 1.29 is 9.59 Å². The van der Waals surface area contributed by atoms with Crippen LogP contribution in [0.2, 0.25) is 0 Å². The number of rotatable bonds is 9. The molecule has 0 aromatic heterocycles. The average Bonchev–Trinajstić information content (AvgIpc) is 2.16. The molecule has 1 atom stereocenters. The summed E-state index contributed by atoms with van der Waals surface area (Å²) in [5, 5.41) is 0. The van der Waals surface area contributed by atoms with Crippen molar-refractivity contribution >= 4 is 12.1 Å². The fraction of sp³-hybridized carbons (Fsp3) is 0.833. The molecule has 0 saturated carbocycles. The summed E-state index contributed by atoms with van der Waals surface area (Å²) in [6, 6.07) is 0. The maximum absolute atomic E-state index is 10.9. The Labute approximate surface area is 87.1 Å². The molecule has 0 aliphatic carbocycles. The van der Waals surface area contributed by atoms with Gasteiger partial charge in [-0.25, -0.2) is 0 Å². The van der Waals surface area contributed by atoms with E-state index in [2.05, 4.69) is 0 Å². The Morgan fingerprint density at radius 1 is 1.14 bits per heavy atom. The van der Waals surface area contributed by atoms with Gasteiger partial charge in [-0.05, 0) is 19.8 Å². The maximum atomic E-state index is 10.9.